The quantitative estimate of drug-likeness (QED) is 0.877. The van der Waals surface area contributed by atoms with Crippen LogP contribution >= 0.6 is 11.6 Å². The molecule has 2 heterocycles. The van der Waals surface area contributed by atoms with Crippen LogP contribution in [0.3, 0.4) is 0 Å². The number of carboxylic acids is 1. The number of hydrogen-bond acceptors (Lipinski definition) is 4. The summed E-state index contributed by atoms with van der Waals surface area (Å²) in [6.45, 7) is 0. The third kappa shape index (κ3) is 3.12. The third-order valence-electron chi connectivity index (χ3n) is 2.54. The van der Waals surface area contributed by atoms with Crippen molar-refractivity contribution in [3.05, 3.63) is 47.0 Å². The van der Waals surface area contributed by atoms with E-state index in [0.717, 1.165) is 0 Å². The minimum atomic E-state index is -1.20. The zero-order chi connectivity index (χ0) is 14.7. The van der Waals surface area contributed by atoms with Crippen molar-refractivity contribution in [1.82, 2.24) is 20.1 Å². The molecular formula is C12H11ClN4O3. The molecule has 0 saturated carbocycles. The first-order valence-corrected chi connectivity index (χ1v) is 5.99. The molecule has 0 radical (unpaired) electrons. The Labute approximate surface area is 119 Å². The standard InChI is InChI=1S/C12H11ClN4O3/c1-17-6-7(5-15-17)10(12(19)20)16-11(18)9-4-8(13)2-3-14-9/h2-6,10H,1H3,(H,16,18)(H,19,20). The monoisotopic (exact) mass is 294 g/mol. The van der Waals surface area contributed by atoms with Gasteiger partial charge < -0.3 is 10.4 Å². The molecule has 0 saturated heterocycles. The number of rotatable bonds is 4. The van der Waals surface area contributed by atoms with Crippen molar-refractivity contribution in [2.24, 2.45) is 7.05 Å². The van der Waals surface area contributed by atoms with Gasteiger partial charge in [0, 0.05) is 30.0 Å². The average Bonchev–Trinajstić information content (AvgIpc) is 2.81. The lowest BCUT2D eigenvalue weighted by molar-refractivity contribution is -0.139. The Bertz CT molecular complexity index is 656. The molecule has 0 fully saturated rings. The summed E-state index contributed by atoms with van der Waals surface area (Å²) >= 11 is 5.76. The van der Waals surface area contributed by atoms with Crippen molar-refractivity contribution in [1.29, 1.82) is 0 Å². The first-order valence-electron chi connectivity index (χ1n) is 5.61. The number of halogens is 1. The van der Waals surface area contributed by atoms with Crippen molar-refractivity contribution < 1.29 is 14.7 Å². The number of carbonyl (C=O) groups excluding carboxylic acids is 1. The molecule has 1 atom stereocenters. The smallest absolute Gasteiger partial charge is 0.331 e. The van der Waals surface area contributed by atoms with Gasteiger partial charge in [-0.3, -0.25) is 14.5 Å². The van der Waals surface area contributed by atoms with Gasteiger partial charge in [-0.05, 0) is 12.1 Å². The normalized spacial score (nSPS) is 11.9. The molecule has 0 aliphatic heterocycles. The lowest BCUT2D eigenvalue weighted by atomic mass is 10.1. The number of aromatic nitrogens is 3. The summed E-state index contributed by atoms with van der Waals surface area (Å²) in [6.07, 6.45) is 4.27. The maximum absolute atomic E-state index is 12.0. The van der Waals surface area contributed by atoms with E-state index in [2.05, 4.69) is 15.4 Å². The van der Waals surface area contributed by atoms with Crippen LogP contribution in [0.25, 0.3) is 0 Å². The minimum absolute atomic E-state index is 0.0487. The van der Waals surface area contributed by atoms with E-state index in [1.807, 2.05) is 0 Å². The van der Waals surface area contributed by atoms with Crippen molar-refractivity contribution in [3.63, 3.8) is 0 Å². The van der Waals surface area contributed by atoms with Gasteiger partial charge in [0.15, 0.2) is 6.04 Å². The molecular weight excluding hydrogens is 284 g/mol. The summed E-state index contributed by atoms with van der Waals surface area (Å²) in [7, 11) is 1.66. The van der Waals surface area contributed by atoms with Crippen molar-refractivity contribution in [2.45, 2.75) is 6.04 Å². The maximum atomic E-state index is 12.0. The zero-order valence-corrected chi connectivity index (χ0v) is 11.2. The number of nitrogens with one attached hydrogen (secondary N) is 1. The second kappa shape index (κ2) is 5.70. The molecule has 0 aliphatic carbocycles. The molecule has 0 aromatic carbocycles. The fourth-order valence-electron chi connectivity index (χ4n) is 1.61. The molecule has 0 bridgehead atoms. The van der Waals surface area contributed by atoms with Crippen LogP contribution in [0.15, 0.2) is 30.7 Å². The minimum Gasteiger partial charge on any atom is -0.479 e. The van der Waals surface area contributed by atoms with E-state index in [-0.39, 0.29) is 5.69 Å². The van der Waals surface area contributed by atoms with Gasteiger partial charge in [-0.25, -0.2) is 4.79 Å². The number of aryl methyl sites for hydroxylation is 1. The molecule has 0 aliphatic rings. The molecule has 0 spiro atoms. The van der Waals surface area contributed by atoms with Gasteiger partial charge >= 0.3 is 5.97 Å². The molecule has 2 aromatic heterocycles. The molecule has 2 N–H and O–H groups in total. The highest BCUT2D eigenvalue weighted by atomic mass is 35.5. The number of aliphatic carboxylic acids is 1. The van der Waals surface area contributed by atoms with E-state index in [1.165, 1.54) is 35.4 Å². The van der Waals surface area contributed by atoms with Crippen LogP contribution in [0.4, 0.5) is 0 Å². The number of carbonyl (C=O) groups is 2. The number of nitrogens with zero attached hydrogens (tertiary/aromatic N) is 3. The fraction of sp³-hybridized carbons (Fsp3) is 0.167. The summed E-state index contributed by atoms with van der Waals surface area (Å²) < 4.78 is 1.45. The van der Waals surface area contributed by atoms with Gasteiger partial charge in [0.2, 0.25) is 0 Å². The van der Waals surface area contributed by atoms with Gasteiger partial charge in [-0.15, -0.1) is 0 Å². The second-order valence-corrected chi connectivity index (χ2v) is 4.49. The molecule has 104 valence electrons. The lowest BCUT2D eigenvalue weighted by Gasteiger charge is -2.12. The molecule has 1 unspecified atom stereocenters. The summed E-state index contributed by atoms with van der Waals surface area (Å²) in [5.41, 5.74) is 0.419. The Morgan fingerprint density at radius 2 is 2.25 bits per heavy atom. The fourth-order valence-corrected chi connectivity index (χ4v) is 1.77. The third-order valence-corrected chi connectivity index (χ3v) is 2.77. The molecule has 1 amide bonds. The Kier molecular flexibility index (Phi) is 3.99. The summed E-state index contributed by atoms with van der Waals surface area (Å²) in [5.74, 6) is -1.81. The SMILES string of the molecule is Cn1cc(C(NC(=O)c2cc(Cl)ccn2)C(=O)O)cn1. The molecule has 20 heavy (non-hydrogen) atoms. The van der Waals surface area contributed by atoms with Crippen molar-refractivity contribution >= 4 is 23.5 Å². The van der Waals surface area contributed by atoms with Crippen LogP contribution in [-0.2, 0) is 11.8 Å². The highest BCUT2D eigenvalue weighted by Crippen LogP contribution is 2.14. The molecule has 2 aromatic rings. The van der Waals surface area contributed by atoms with E-state index in [4.69, 9.17) is 11.6 Å². The predicted octanol–water partition coefficient (Wildman–Crippen LogP) is 1.02. The number of hydrogen-bond donors (Lipinski definition) is 2. The van der Waals surface area contributed by atoms with E-state index in [1.54, 1.807) is 7.05 Å². The molecule has 8 heteroatoms. The van der Waals surface area contributed by atoms with Crippen LogP contribution in [0.2, 0.25) is 5.02 Å². The molecule has 7 nitrogen and oxygen atoms in total. The zero-order valence-electron chi connectivity index (χ0n) is 10.4. The summed E-state index contributed by atoms with van der Waals surface area (Å²) in [4.78, 5) is 27.1. The highest BCUT2D eigenvalue weighted by Gasteiger charge is 2.24. The van der Waals surface area contributed by atoms with Gasteiger partial charge in [-0.2, -0.15) is 5.10 Å². The van der Waals surface area contributed by atoms with Crippen LogP contribution in [0.5, 0.6) is 0 Å². The van der Waals surface area contributed by atoms with Crippen molar-refractivity contribution in [2.75, 3.05) is 0 Å². The molecule has 2 rings (SSSR count). The van der Waals surface area contributed by atoms with Crippen LogP contribution in [0, 0.1) is 0 Å². The van der Waals surface area contributed by atoms with Crippen molar-refractivity contribution in [3.8, 4) is 0 Å². The average molecular weight is 295 g/mol. The lowest BCUT2D eigenvalue weighted by Crippen LogP contribution is -2.34. The predicted molar refractivity (Wildman–Crippen MR) is 70.3 cm³/mol. The van der Waals surface area contributed by atoms with E-state index < -0.39 is 17.9 Å². The summed E-state index contributed by atoms with van der Waals surface area (Å²) in [5, 5.41) is 15.8. The number of pyridine rings is 1. The maximum Gasteiger partial charge on any atom is 0.331 e. The summed E-state index contributed by atoms with van der Waals surface area (Å²) in [6, 6.07) is 1.68. The van der Waals surface area contributed by atoms with Gasteiger partial charge in [-0.1, -0.05) is 11.6 Å². The van der Waals surface area contributed by atoms with Crippen LogP contribution < -0.4 is 5.32 Å². The first kappa shape index (κ1) is 14.0. The Hall–Kier alpha value is -2.41. The number of amides is 1. The topological polar surface area (TPSA) is 97.1 Å². The van der Waals surface area contributed by atoms with Crippen LogP contribution in [0.1, 0.15) is 22.1 Å². The van der Waals surface area contributed by atoms with Gasteiger partial charge in [0.1, 0.15) is 5.69 Å². The van der Waals surface area contributed by atoms with E-state index in [9.17, 15) is 14.7 Å². The Morgan fingerprint density at radius 1 is 1.50 bits per heavy atom. The van der Waals surface area contributed by atoms with Gasteiger partial charge in [0.05, 0.1) is 6.20 Å². The first-order chi connectivity index (χ1) is 9.47. The second-order valence-electron chi connectivity index (χ2n) is 4.05. The Morgan fingerprint density at radius 3 is 2.80 bits per heavy atom. The Balaban J connectivity index is 2.21. The largest absolute Gasteiger partial charge is 0.479 e. The number of carboxylic acid groups (broad SMARTS) is 1. The van der Waals surface area contributed by atoms with E-state index in [0.29, 0.717) is 10.6 Å². The highest BCUT2D eigenvalue weighted by molar-refractivity contribution is 6.30. The van der Waals surface area contributed by atoms with Gasteiger partial charge in [0.25, 0.3) is 5.91 Å². The van der Waals surface area contributed by atoms with E-state index >= 15 is 0 Å². The van der Waals surface area contributed by atoms with Crippen LogP contribution in [-0.4, -0.2) is 31.7 Å².